The van der Waals surface area contributed by atoms with Gasteiger partial charge in [0.05, 0.1) is 19.3 Å². The summed E-state index contributed by atoms with van der Waals surface area (Å²) in [6, 6.07) is 7.18. The van der Waals surface area contributed by atoms with Gasteiger partial charge < -0.3 is 14.6 Å². The fourth-order valence-corrected chi connectivity index (χ4v) is 2.88. The summed E-state index contributed by atoms with van der Waals surface area (Å²) in [5.41, 5.74) is 0.909. The number of ketones is 1. The molecule has 1 N–H and O–H groups in total. The number of allylic oxidation sites excluding steroid dienone is 1. The van der Waals surface area contributed by atoms with Crippen molar-refractivity contribution in [1.82, 2.24) is 0 Å². The second-order valence-electron chi connectivity index (χ2n) is 6.25. The number of hydrogen-bond donors (Lipinski definition) is 1. The maximum absolute atomic E-state index is 12.5. The number of Topliss-reactive ketones (excluding diaryl/α,β-unsaturated/α-hetero) is 1. The van der Waals surface area contributed by atoms with Crippen molar-refractivity contribution in [2.75, 3.05) is 13.7 Å². The number of esters is 1. The largest absolute Gasteiger partial charge is 0.512 e. The number of unbranched alkanes of at least 4 members (excludes halogenated alkanes) is 2. The smallest absolute Gasteiger partial charge is 0.338 e. The summed E-state index contributed by atoms with van der Waals surface area (Å²) in [5, 5.41) is 10.1. The molecule has 0 aliphatic heterocycles. The lowest BCUT2D eigenvalue weighted by atomic mass is 9.85. The second kappa shape index (κ2) is 11.3. The Hall–Kier alpha value is -2.30. The van der Waals surface area contributed by atoms with E-state index in [1.54, 1.807) is 26.2 Å². The quantitative estimate of drug-likeness (QED) is 0.267. The van der Waals surface area contributed by atoms with E-state index in [1.807, 2.05) is 12.1 Å². The number of methoxy groups -OCH3 is 1. The van der Waals surface area contributed by atoms with Crippen LogP contribution >= 0.6 is 0 Å². The highest BCUT2D eigenvalue weighted by molar-refractivity contribution is 5.92. The first-order chi connectivity index (χ1) is 12.4. The van der Waals surface area contributed by atoms with Crippen LogP contribution in [0.25, 0.3) is 0 Å². The number of aliphatic hydroxyl groups is 1. The summed E-state index contributed by atoms with van der Waals surface area (Å²) < 4.78 is 10.3. The minimum Gasteiger partial charge on any atom is -0.512 e. The molecule has 0 saturated carbocycles. The van der Waals surface area contributed by atoms with Crippen molar-refractivity contribution in [2.24, 2.45) is 0 Å². The first-order valence-electron chi connectivity index (χ1n) is 9.17. The zero-order valence-corrected chi connectivity index (χ0v) is 16.2. The molecule has 1 aromatic carbocycles. The van der Waals surface area contributed by atoms with Gasteiger partial charge in [-0.15, -0.1) is 0 Å². The van der Waals surface area contributed by atoms with Crippen LogP contribution in [0.5, 0.6) is 5.75 Å². The topological polar surface area (TPSA) is 72.8 Å². The third-order valence-electron chi connectivity index (χ3n) is 4.24. The van der Waals surface area contributed by atoms with Gasteiger partial charge in [-0.3, -0.25) is 4.79 Å². The van der Waals surface area contributed by atoms with Gasteiger partial charge in [0.1, 0.15) is 17.3 Å². The molecule has 1 atom stereocenters. The fraction of sp³-hybridized carbons (Fsp3) is 0.524. The molecule has 5 nitrogen and oxygen atoms in total. The van der Waals surface area contributed by atoms with Gasteiger partial charge in [0, 0.05) is 18.8 Å². The Bertz CT molecular complexity index is 612. The van der Waals surface area contributed by atoms with Crippen molar-refractivity contribution >= 4 is 11.8 Å². The highest BCUT2D eigenvalue weighted by Crippen LogP contribution is 2.32. The van der Waals surface area contributed by atoms with Gasteiger partial charge in [-0.1, -0.05) is 31.9 Å². The molecule has 0 aromatic heterocycles. The molecule has 26 heavy (non-hydrogen) atoms. The molecule has 0 spiro atoms. The van der Waals surface area contributed by atoms with E-state index >= 15 is 0 Å². The van der Waals surface area contributed by atoms with Crippen LogP contribution in [-0.2, 0) is 14.3 Å². The molecule has 0 aliphatic rings. The minimum absolute atomic E-state index is 0.0716. The zero-order valence-electron chi connectivity index (χ0n) is 16.2. The molecular weight excluding hydrogens is 332 g/mol. The van der Waals surface area contributed by atoms with Crippen LogP contribution in [0.4, 0.5) is 0 Å². The van der Waals surface area contributed by atoms with Crippen molar-refractivity contribution in [1.29, 1.82) is 0 Å². The van der Waals surface area contributed by atoms with E-state index < -0.39 is 11.9 Å². The molecule has 0 saturated heterocycles. The molecule has 144 valence electrons. The van der Waals surface area contributed by atoms with Crippen molar-refractivity contribution in [3.63, 3.8) is 0 Å². The van der Waals surface area contributed by atoms with Crippen LogP contribution in [-0.4, -0.2) is 30.6 Å². The fourth-order valence-electron chi connectivity index (χ4n) is 2.88. The molecule has 0 bridgehead atoms. The molecule has 1 aromatic rings. The molecule has 0 heterocycles. The lowest BCUT2D eigenvalue weighted by Gasteiger charge is -2.20. The van der Waals surface area contributed by atoms with Crippen LogP contribution in [0.1, 0.15) is 64.4 Å². The molecule has 0 fully saturated rings. The first kappa shape index (κ1) is 21.7. The lowest BCUT2D eigenvalue weighted by molar-refractivity contribution is -0.139. The van der Waals surface area contributed by atoms with Gasteiger partial charge in [0.15, 0.2) is 0 Å². The van der Waals surface area contributed by atoms with E-state index in [2.05, 4.69) is 6.92 Å². The zero-order chi connectivity index (χ0) is 19.5. The molecular formula is C21H30O5. The van der Waals surface area contributed by atoms with Gasteiger partial charge in [-0.25, -0.2) is 4.79 Å². The Morgan fingerprint density at radius 2 is 1.77 bits per heavy atom. The van der Waals surface area contributed by atoms with Crippen LogP contribution < -0.4 is 4.74 Å². The predicted octanol–water partition coefficient (Wildman–Crippen LogP) is 4.71. The maximum Gasteiger partial charge on any atom is 0.338 e. The van der Waals surface area contributed by atoms with E-state index in [0.29, 0.717) is 12.2 Å². The summed E-state index contributed by atoms with van der Waals surface area (Å²) in [4.78, 5) is 24.8. The normalized spacial score (nSPS) is 12.9. The summed E-state index contributed by atoms with van der Waals surface area (Å²) >= 11 is 0. The SMILES string of the molecule is CCCCCC(=O)CC(/C(C(=O)OCC)=C(/C)O)c1ccc(OC)cc1. The monoisotopic (exact) mass is 362 g/mol. The summed E-state index contributed by atoms with van der Waals surface area (Å²) in [5.74, 6) is -0.495. The van der Waals surface area contributed by atoms with E-state index in [0.717, 1.165) is 24.8 Å². The van der Waals surface area contributed by atoms with Gasteiger partial charge in [0.25, 0.3) is 0 Å². The average Bonchev–Trinajstić information content (AvgIpc) is 2.61. The Balaban J connectivity index is 3.16. The number of rotatable bonds is 11. The van der Waals surface area contributed by atoms with E-state index in [1.165, 1.54) is 6.92 Å². The Kier molecular flexibility index (Phi) is 9.48. The highest BCUT2D eigenvalue weighted by atomic mass is 16.5. The summed E-state index contributed by atoms with van der Waals surface area (Å²) in [6.45, 7) is 5.45. The van der Waals surface area contributed by atoms with Crippen LogP contribution in [0.15, 0.2) is 35.6 Å². The number of carbonyl (C=O) groups excluding carboxylic acids is 2. The number of hydrogen-bond acceptors (Lipinski definition) is 5. The molecule has 1 rings (SSSR count). The standard InChI is InChI=1S/C21H30O5/c1-5-7-8-9-17(23)14-19(16-10-12-18(25-4)13-11-16)20(15(3)22)21(24)26-6-2/h10-13,19,22H,5-9,14H2,1-4H3/b20-15+. The second-order valence-corrected chi connectivity index (χ2v) is 6.25. The highest BCUT2D eigenvalue weighted by Gasteiger charge is 2.28. The van der Waals surface area contributed by atoms with Crippen LogP contribution in [0.3, 0.4) is 0 Å². The van der Waals surface area contributed by atoms with Crippen LogP contribution in [0.2, 0.25) is 0 Å². The minimum atomic E-state index is -0.588. The summed E-state index contributed by atoms with van der Waals surface area (Å²) in [6.07, 6.45) is 3.50. The van der Waals surface area contributed by atoms with Crippen molar-refractivity contribution in [2.45, 2.75) is 58.8 Å². The Morgan fingerprint density at radius 1 is 1.12 bits per heavy atom. The van der Waals surface area contributed by atoms with Gasteiger partial charge >= 0.3 is 5.97 Å². The number of carbonyl (C=O) groups is 2. The molecule has 0 aliphatic carbocycles. The van der Waals surface area contributed by atoms with Gasteiger partial charge in [-0.05, 0) is 38.0 Å². The predicted molar refractivity (Wildman–Crippen MR) is 101 cm³/mol. The number of benzene rings is 1. The average molecular weight is 362 g/mol. The Morgan fingerprint density at radius 3 is 2.27 bits per heavy atom. The molecule has 5 heteroatoms. The number of ether oxygens (including phenoxy) is 2. The van der Waals surface area contributed by atoms with E-state index in [-0.39, 0.29) is 30.1 Å². The lowest BCUT2D eigenvalue weighted by Crippen LogP contribution is -2.19. The third kappa shape index (κ3) is 6.54. The van der Waals surface area contributed by atoms with Crippen molar-refractivity contribution < 1.29 is 24.2 Å². The molecule has 0 radical (unpaired) electrons. The van der Waals surface area contributed by atoms with Gasteiger partial charge in [0.2, 0.25) is 0 Å². The Labute approximate surface area is 156 Å². The van der Waals surface area contributed by atoms with E-state index in [4.69, 9.17) is 9.47 Å². The number of aliphatic hydroxyl groups excluding tert-OH is 1. The van der Waals surface area contributed by atoms with Crippen LogP contribution in [0, 0.1) is 0 Å². The maximum atomic E-state index is 12.5. The van der Waals surface area contributed by atoms with E-state index in [9.17, 15) is 14.7 Å². The van der Waals surface area contributed by atoms with Crippen molar-refractivity contribution in [3.05, 3.63) is 41.2 Å². The first-order valence-corrected chi connectivity index (χ1v) is 9.17. The molecule has 0 amide bonds. The summed E-state index contributed by atoms with van der Waals surface area (Å²) in [7, 11) is 1.57. The van der Waals surface area contributed by atoms with Gasteiger partial charge in [-0.2, -0.15) is 0 Å². The van der Waals surface area contributed by atoms with Crippen molar-refractivity contribution in [3.8, 4) is 5.75 Å². The third-order valence-corrected chi connectivity index (χ3v) is 4.24. The molecule has 1 unspecified atom stereocenters.